The number of unbranched alkanes of at least 4 members (excludes halogenated alkanes) is 1. The minimum atomic E-state index is -0.118. The number of hydrogen-bond donors (Lipinski definition) is 1. The summed E-state index contributed by atoms with van der Waals surface area (Å²) < 4.78 is 4.61. The quantitative estimate of drug-likeness (QED) is 0.481. The average molecular weight is 258 g/mol. The largest absolute Gasteiger partial charge is 0.469 e. The molecular formula is C14H30N2O2. The van der Waals surface area contributed by atoms with Gasteiger partial charge in [-0.1, -0.05) is 20.3 Å². The van der Waals surface area contributed by atoms with Gasteiger partial charge in [0.2, 0.25) is 0 Å². The number of esters is 1. The second-order valence-corrected chi connectivity index (χ2v) is 5.81. The lowest BCUT2D eigenvalue weighted by Gasteiger charge is -2.23. The molecule has 0 heterocycles. The van der Waals surface area contributed by atoms with Crippen LogP contribution in [0, 0.1) is 5.41 Å². The van der Waals surface area contributed by atoms with E-state index < -0.39 is 0 Å². The Hall–Kier alpha value is -0.610. The normalized spacial score (nSPS) is 11.9. The molecule has 0 rings (SSSR count). The molecule has 4 heteroatoms. The van der Waals surface area contributed by atoms with E-state index >= 15 is 0 Å². The Morgan fingerprint density at radius 1 is 1.22 bits per heavy atom. The Morgan fingerprint density at radius 3 is 2.39 bits per heavy atom. The molecule has 2 N–H and O–H groups in total. The summed E-state index contributed by atoms with van der Waals surface area (Å²) in [6.45, 7) is 7.22. The summed E-state index contributed by atoms with van der Waals surface area (Å²) in [4.78, 5) is 13.2. The van der Waals surface area contributed by atoms with Gasteiger partial charge in [0.15, 0.2) is 0 Å². The van der Waals surface area contributed by atoms with Crippen LogP contribution in [0.15, 0.2) is 0 Å². The molecule has 0 amide bonds. The van der Waals surface area contributed by atoms with Crippen molar-refractivity contribution in [3.05, 3.63) is 0 Å². The summed E-state index contributed by atoms with van der Waals surface area (Å²) in [5.74, 6) is -0.118. The van der Waals surface area contributed by atoms with Crippen LogP contribution in [0.4, 0.5) is 0 Å². The second-order valence-electron chi connectivity index (χ2n) is 5.81. The van der Waals surface area contributed by atoms with Gasteiger partial charge in [0.1, 0.15) is 0 Å². The Bertz CT molecular complexity index is 230. The van der Waals surface area contributed by atoms with Crippen LogP contribution in [0.1, 0.15) is 46.0 Å². The van der Waals surface area contributed by atoms with Crippen molar-refractivity contribution >= 4 is 5.97 Å². The first-order valence-corrected chi connectivity index (χ1v) is 6.87. The molecule has 0 saturated heterocycles. The lowest BCUT2D eigenvalue weighted by molar-refractivity contribution is -0.140. The van der Waals surface area contributed by atoms with Gasteiger partial charge in [-0.25, -0.2) is 0 Å². The number of carbonyl (C=O) groups excluding carboxylic acids is 1. The topological polar surface area (TPSA) is 55.6 Å². The van der Waals surface area contributed by atoms with Crippen LogP contribution >= 0.6 is 0 Å². The van der Waals surface area contributed by atoms with Gasteiger partial charge in [0.25, 0.3) is 0 Å². The zero-order chi connectivity index (χ0) is 14.0. The summed E-state index contributed by atoms with van der Waals surface area (Å²) >= 11 is 0. The Kier molecular flexibility index (Phi) is 9.02. The van der Waals surface area contributed by atoms with E-state index in [-0.39, 0.29) is 11.4 Å². The lowest BCUT2D eigenvalue weighted by atomic mass is 9.87. The molecular weight excluding hydrogens is 228 g/mol. The molecule has 0 aliphatic rings. The van der Waals surface area contributed by atoms with Gasteiger partial charge in [0.05, 0.1) is 7.11 Å². The molecule has 0 fully saturated rings. The van der Waals surface area contributed by atoms with Gasteiger partial charge in [-0.15, -0.1) is 0 Å². The number of nitrogens with two attached hydrogens (primary N) is 1. The minimum absolute atomic E-state index is 0.118. The van der Waals surface area contributed by atoms with Crippen molar-refractivity contribution in [3.8, 4) is 0 Å². The molecule has 4 nitrogen and oxygen atoms in total. The molecule has 0 spiro atoms. The number of ether oxygens (including phenoxy) is 1. The zero-order valence-electron chi connectivity index (χ0n) is 12.5. The number of nitrogens with zero attached hydrogens (tertiary/aromatic N) is 1. The molecule has 0 saturated carbocycles. The number of carbonyl (C=O) groups is 1. The maximum absolute atomic E-state index is 10.9. The third-order valence-electron chi connectivity index (χ3n) is 3.34. The van der Waals surface area contributed by atoms with Crippen molar-refractivity contribution in [1.82, 2.24) is 4.90 Å². The fourth-order valence-corrected chi connectivity index (χ4v) is 1.79. The highest BCUT2D eigenvalue weighted by molar-refractivity contribution is 5.69. The fraction of sp³-hybridized carbons (Fsp3) is 0.929. The molecule has 0 unspecified atom stereocenters. The van der Waals surface area contributed by atoms with Crippen LogP contribution in [-0.2, 0) is 9.53 Å². The summed E-state index contributed by atoms with van der Waals surface area (Å²) in [7, 11) is 3.54. The Balaban J connectivity index is 3.48. The first kappa shape index (κ1) is 17.4. The molecule has 0 radical (unpaired) electrons. The molecule has 18 heavy (non-hydrogen) atoms. The van der Waals surface area contributed by atoms with Crippen LogP contribution in [-0.4, -0.2) is 44.7 Å². The minimum Gasteiger partial charge on any atom is -0.469 e. The third kappa shape index (κ3) is 9.42. The summed E-state index contributed by atoms with van der Waals surface area (Å²) in [5, 5.41) is 0. The van der Waals surface area contributed by atoms with Crippen molar-refractivity contribution in [1.29, 1.82) is 0 Å². The average Bonchev–Trinajstić information content (AvgIpc) is 2.34. The monoisotopic (exact) mass is 258 g/mol. The summed E-state index contributed by atoms with van der Waals surface area (Å²) in [5.41, 5.74) is 5.97. The van der Waals surface area contributed by atoms with Crippen LogP contribution in [0.25, 0.3) is 0 Å². The summed E-state index contributed by atoms with van der Waals surface area (Å²) in [6, 6.07) is 0. The van der Waals surface area contributed by atoms with Crippen molar-refractivity contribution in [2.75, 3.05) is 33.8 Å². The van der Waals surface area contributed by atoms with Gasteiger partial charge in [0, 0.05) is 6.42 Å². The first-order chi connectivity index (χ1) is 8.41. The number of rotatable bonds is 10. The van der Waals surface area contributed by atoms with E-state index in [1.54, 1.807) is 0 Å². The second kappa shape index (κ2) is 9.34. The Morgan fingerprint density at radius 2 is 1.83 bits per heavy atom. The van der Waals surface area contributed by atoms with Gasteiger partial charge in [-0.05, 0) is 51.4 Å². The predicted molar refractivity (Wildman–Crippen MR) is 75.4 cm³/mol. The van der Waals surface area contributed by atoms with Crippen LogP contribution < -0.4 is 5.73 Å². The van der Waals surface area contributed by atoms with E-state index in [0.717, 1.165) is 26.1 Å². The predicted octanol–water partition coefficient (Wildman–Crippen LogP) is 2.03. The van der Waals surface area contributed by atoms with Crippen LogP contribution in [0.2, 0.25) is 0 Å². The highest BCUT2D eigenvalue weighted by atomic mass is 16.5. The lowest BCUT2D eigenvalue weighted by Crippen LogP contribution is -2.25. The summed E-state index contributed by atoms with van der Waals surface area (Å²) in [6.07, 6.45) is 4.97. The van der Waals surface area contributed by atoms with Crippen molar-refractivity contribution in [2.24, 2.45) is 11.1 Å². The van der Waals surface area contributed by atoms with E-state index in [0.29, 0.717) is 6.42 Å². The van der Waals surface area contributed by atoms with E-state index in [2.05, 4.69) is 30.5 Å². The molecule has 0 aromatic rings. The van der Waals surface area contributed by atoms with E-state index in [4.69, 9.17) is 5.73 Å². The van der Waals surface area contributed by atoms with Crippen LogP contribution in [0.5, 0.6) is 0 Å². The molecule has 0 aliphatic heterocycles. The van der Waals surface area contributed by atoms with E-state index in [9.17, 15) is 4.79 Å². The molecule has 0 atom stereocenters. The highest BCUT2D eigenvalue weighted by Crippen LogP contribution is 2.21. The fourth-order valence-electron chi connectivity index (χ4n) is 1.79. The molecule has 0 aromatic heterocycles. The maximum atomic E-state index is 10.9. The van der Waals surface area contributed by atoms with Crippen molar-refractivity contribution in [3.63, 3.8) is 0 Å². The maximum Gasteiger partial charge on any atom is 0.305 e. The van der Waals surface area contributed by atoms with Gasteiger partial charge in [-0.2, -0.15) is 0 Å². The first-order valence-electron chi connectivity index (χ1n) is 6.87. The van der Waals surface area contributed by atoms with E-state index in [1.165, 1.54) is 26.4 Å². The SMILES string of the molecule is COC(=O)CCCN(C)CCCCC(C)(C)CN. The molecule has 0 bridgehead atoms. The smallest absolute Gasteiger partial charge is 0.305 e. The molecule has 108 valence electrons. The van der Waals surface area contributed by atoms with Crippen LogP contribution in [0.3, 0.4) is 0 Å². The number of methoxy groups -OCH3 is 1. The standard InChI is InChI=1S/C14H30N2O2/c1-14(2,12-15)9-5-6-10-16(3)11-7-8-13(17)18-4/h5-12,15H2,1-4H3. The highest BCUT2D eigenvalue weighted by Gasteiger charge is 2.14. The van der Waals surface area contributed by atoms with E-state index in [1.807, 2.05) is 0 Å². The van der Waals surface area contributed by atoms with Crippen molar-refractivity contribution in [2.45, 2.75) is 46.0 Å². The molecule has 0 aliphatic carbocycles. The number of hydrogen-bond acceptors (Lipinski definition) is 4. The van der Waals surface area contributed by atoms with Gasteiger partial charge < -0.3 is 15.4 Å². The third-order valence-corrected chi connectivity index (χ3v) is 3.34. The Labute approximate surface area is 112 Å². The van der Waals surface area contributed by atoms with Gasteiger partial charge in [-0.3, -0.25) is 4.79 Å². The van der Waals surface area contributed by atoms with Crippen molar-refractivity contribution < 1.29 is 9.53 Å². The van der Waals surface area contributed by atoms with Gasteiger partial charge >= 0.3 is 5.97 Å². The zero-order valence-corrected chi connectivity index (χ0v) is 12.5. The molecule has 0 aromatic carbocycles.